The average molecular weight is 251 g/mol. The molecule has 1 aliphatic heterocycles. The number of aliphatic hydroxyl groups excluding tert-OH is 1. The molecule has 17 heavy (non-hydrogen) atoms. The van der Waals surface area contributed by atoms with Crippen molar-refractivity contribution in [2.45, 2.75) is 11.8 Å². The third-order valence-electron chi connectivity index (χ3n) is 2.54. The van der Waals surface area contributed by atoms with E-state index in [-0.39, 0.29) is 12.5 Å². The SMILES string of the molecule is CC(CO)CSc1ccc2c(c1)NC(=O)C2=O. The number of carbonyl (C=O) groups is 2. The number of rotatable bonds is 4. The van der Waals surface area contributed by atoms with Crippen LogP contribution < -0.4 is 5.32 Å². The summed E-state index contributed by atoms with van der Waals surface area (Å²) in [4.78, 5) is 23.5. The van der Waals surface area contributed by atoms with Crippen LogP contribution in [0.3, 0.4) is 0 Å². The third kappa shape index (κ3) is 2.50. The number of thioether (sulfide) groups is 1. The second-order valence-electron chi connectivity index (χ2n) is 4.09. The Balaban J connectivity index is 2.11. The number of amides is 1. The van der Waals surface area contributed by atoms with Gasteiger partial charge in [-0.3, -0.25) is 9.59 Å². The first-order chi connectivity index (χ1) is 8.11. The molecule has 0 aromatic heterocycles. The second-order valence-corrected chi connectivity index (χ2v) is 5.18. The van der Waals surface area contributed by atoms with Gasteiger partial charge in [-0.25, -0.2) is 0 Å². The van der Waals surface area contributed by atoms with Crippen LogP contribution in [0.5, 0.6) is 0 Å². The highest BCUT2D eigenvalue weighted by atomic mass is 32.2. The largest absolute Gasteiger partial charge is 0.396 e. The fourth-order valence-corrected chi connectivity index (χ4v) is 2.45. The van der Waals surface area contributed by atoms with Crippen molar-refractivity contribution in [3.05, 3.63) is 23.8 Å². The molecule has 1 aromatic rings. The minimum absolute atomic E-state index is 0.160. The molecular weight excluding hydrogens is 238 g/mol. The van der Waals surface area contributed by atoms with E-state index in [2.05, 4.69) is 5.32 Å². The zero-order chi connectivity index (χ0) is 12.4. The van der Waals surface area contributed by atoms with Gasteiger partial charge in [0.2, 0.25) is 0 Å². The summed E-state index contributed by atoms with van der Waals surface area (Å²) in [6.45, 7) is 2.12. The van der Waals surface area contributed by atoms with Crippen molar-refractivity contribution in [2.75, 3.05) is 17.7 Å². The maximum atomic E-state index is 11.4. The van der Waals surface area contributed by atoms with Gasteiger partial charge in [0, 0.05) is 17.3 Å². The first kappa shape index (κ1) is 12.1. The van der Waals surface area contributed by atoms with E-state index in [1.807, 2.05) is 13.0 Å². The molecule has 2 N–H and O–H groups in total. The minimum atomic E-state index is -0.564. The smallest absolute Gasteiger partial charge is 0.296 e. The van der Waals surface area contributed by atoms with E-state index in [4.69, 9.17) is 5.11 Å². The van der Waals surface area contributed by atoms with Gasteiger partial charge in [-0.1, -0.05) is 6.92 Å². The van der Waals surface area contributed by atoms with Crippen LogP contribution in [-0.2, 0) is 4.79 Å². The van der Waals surface area contributed by atoms with Gasteiger partial charge in [0.05, 0.1) is 11.3 Å². The van der Waals surface area contributed by atoms with Gasteiger partial charge in [0.1, 0.15) is 0 Å². The summed E-state index contributed by atoms with van der Waals surface area (Å²) in [6.07, 6.45) is 0. The van der Waals surface area contributed by atoms with Gasteiger partial charge >= 0.3 is 0 Å². The Kier molecular flexibility index (Phi) is 3.49. The predicted octanol–water partition coefficient (Wildman–Crippen LogP) is 1.54. The number of carbonyl (C=O) groups excluding carboxylic acids is 2. The van der Waals surface area contributed by atoms with Crippen LogP contribution in [-0.4, -0.2) is 29.2 Å². The lowest BCUT2D eigenvalue weighted by Gasteiger charge is -2.07. The number of hydrogen-bond donors (Lipinski definition) is 2. The molecular formula is C12H13NO3S. The van der Waals surface area contributed by atoms with Crippen LogP contribution in [0.1, 0.15) is 17.3 Å². The molecule has 90 valence electrons. The molecule has 0 saturated carbocycles. The van der Waals surface area contributed by atoms with E-state index in [1.165, 1.54) is 0 Å². The molecule has 0 radical (unpaired) electrons. The van der Waals surface area contributed by atoms with E-state index >= 15 is 0 Å². The van der Waals surface area contributed by atoms with Gasteiger partial charge < -0.3 is 10.4 Å². The van der Waals surface area contributed by atoms with Crippen LogP contribution in [0.15, 0.2) is 23.1 Å². The fourth-order valence-electron chi connectivity index (χ4n) is 1.51. The van der Waals surface area contributed by atoms with Crippen LogP contribution in [0.25, 0.3) is 0 Å². The Morgan fingerprint density at radius 2 is 2.18 bits per heavy atom. The standard InChI is InChI=1S/C12H13NO3S/c1-7(5-14)6-17-8-2-3-9-10(4-8)13-12(16)11(9)15/h2-4,7,14H,5-6H2,1H3,(H,13,15,16). The van der Waals surface area contributed by atoms with E-state index in [0.29, 0.717) is 11.3 Å². The molecule has 2 rings (SSSR count). The van der Waals surface area contributed by atoms with E-state index in [0.717, 1.165) is 10.6 Å². The summed E-state index contributed by atoms with van der Waals surface area (Å²) < 4.78 is 0. The quantitative estimate of drug-likeness (QED) is 0.629. The molecule has 0 saturated heterocycles. The number of hydrogen-bond acceptors (Lipinski definition) is 4. The highest BCUT2D eigenvalue weighted by Crippen LogP contribution is 2.29. The third-order valence-corrected chi connectivity index (χ3v) is 3.86. The number of Topliss-reactive ketones (excluding diaryl/α,β-unsaturated/α-hetero) is 1. The molecule has 0 aliphatic carbocycles. The number of benzene rings is 1. The Hall–Kier alpha value is -1.33. The molecule has 1 heterocycles. The molecule has 1 unspecified atom stereocenters. The lowest BCUT2D eigenvalue weighted by Crippen LogP contribution is -2.12. The van der Waals surface area contributed by atoms with Crippen molar-refractivity contribution in [1.29, 1.82) is 0 Å². The van der Waals surface area contributed by atoms with Crippen LogP contribution in [0.2, 0.25) is 0 Å². The van der Waals surface area contributed by atoms with Gasteiger partial charge in [0.15, 0.2) is 0 Å². The summed E-state index contributed by atoms with van der Waals surface area (Å²) in [5.74, 6) is -0.00684. The average Bonchev–Trinajstić information content (AvgIpc) is 2.62. The van der Waals surface area contributed by atoms with Gasteiger partial charge in [-0.2, -0.15) is 0 Å². The maximum Gasteiger partial charge on any atom is 0.296 e. The van der Waals surface area contributed by atoms with Crippen LogP contribution >= 0.6 is 11.8 Å². The molecule has 1 atom stereocenters. The lowest BCUT2D eigenvalue weighted by atomic mass is 10.1. The maximum absolute atomic E-state index is 11.4. The Morgan fingerprint density at radius 3 is 2.88 bits per heavy atom. The highest BCUT2D eigenvalue weighted by Gasteiger charge is 2.27. The van der Waals surface area contributed by atoms with Gasteiger partial charge in [0.25, 0.3) is 11.7 Å². The zero-order valence-corrected chi connectivity index (χ0v) is 10.2. The summed E-state index contributed by atoms with van der Waals surface area (Å²) in [5.41, 5.74) is 1.02. The van der Waals surface area contributed by atoms with Crippen molar-refractivity contribution < 1.29 is 14.7 Å². The van der Waals surface area contributed by atoms with E-state index in [1.54, 1.807) is 23.9 Å². The first-order valence-electron chi connectivity index (χ1n) is 5.35. The number of ketones is 1. The van der Waals surface area contributed by atoms with Crippen molar-refractivity contribution >= 4 is 29.1 Å². The number of fused-ring (bicyclic) bond motifs is 1. The molecule has 1 aromatic carbocycles. The molecule has 0 spiro atoms. The van der Waals surface area contributed by atoms with Crippen molar-refractivity contribution in [3.63, 3.8) is 0 Å². The molecule has 0 fully saturated rings. The molecule has 0 bridgehead atoms. The summed E-state index contributed by atoms with van der Waals surface area (Å²) in [5, 5.41) is 11.5. The van der Waals surface area contributed by atoms with Crippen LogP contribution in [0, 0.1) is 5.92 Å². The van der Waals surface area contributed by atoms with E-state index < -0.39 is 11.7 Å². The first-order valence-corrected chi connectivity index (χ1v) is 6.33. The van der Waals surface area contributed by atoms with Crippen molar-refractivity contribution in [2.24, 2.45) is 5.92 Å². The molecule has 5 heteroatoms. The topological polar surface area (TPSA) is 66.4 Å². The Morgan fingerprint density at radius 1 is 1.41 bits per heavy atom. The Labute approximate surface area is 103 Å². The zero-order valence-electron chi connectivity index (χ0n) is 9.40. The van der Waals surface area contributed by atoms with Crippen molar-refractivity contribution in [3.8, 4) is 0 Å². The Bertz CT molecular complexity index is 473. The van der Waals surface area contributed by atoms with E-state index in [9.17, 15) is 9.59 Å². The molecule has 4 nitrogen and oxygen atoms in total. The normalized spacial score (nSPS) is 15.6. The lowest BCUT2D eigenvalue weighted by molar-refractivity contribution is -0.112. The van der Waals surface area contributed by atoms with Crippen LogP contribution in [0.4, 0.5) is 5.69 Å². The predicted molar refractivity (Wildman–Crippen MR) is 66.4 cm³/mol. The number of aliphatic hydroxyl groups is 1. The van der Waals surface area contributed by atoms with Gasteiger partial charge in [-0.15, -0.1) is 11.8 Å². The highest BCUT2D eigenvalue weighted by molar-refractivity contribution is 7.99. The molecule has 1 amide bonds. The summed E-state index contributed by atoms with van der Waals surface area (Å²) in [6, 6.07) is 5.29. The second kappa shape index (κ2) is 4.89. The van der Waals surface area contributed by atoms with Crippen molar-refractivity contribution in [1.82, 2.24) is 0 Å². The molecule has 1 aliphatic rings. The fraction of sp³-hybridized carbons (Fsp3) is 0.333. The summed E-state index contributed by atoms with van der Waals surface area (Å²) >= 11 is 1.60. The number of nitrogens with one attached hydrogen (secondary N) is 1. The monoisotopic (exact) mass is 251 g/mol. The minimum Gasteiger partial charge on any atom is -0.396 e. The number of anilines is 1. The van der Waals surface area contributed by atoms with Gasteiger partial charge in [-0.05, 0) is 24.1 Å². The summed E-state index contributed by atoms with van der Waals surface area (Å²) in [7, 11) is 0.